The van der Waals surface area contributed by atoms with Crippen LogP contribution in [0.1, 0.15) is 20.9 Å². The van der Waals surface area contributed by atoms with Gasteiger partial charge in [-0.25, -0.2) is 12.8 Å². The summed E-state index contributed by atoms with van der Waals surface area (Å²) in [6.45, 7) is 7.77. The van der Waals surface area contributed by atoms with E-state index in [0.29, 0.717) is 6.54 Å². The molecule has 33 heavy (non-hydrogen) atoms. The van der Waals surface area contributed by atoms with Crippen molar-refractivity contribution in [2.75, 3.05) is 13.1 Å². The van der Waals surface area contributed by atoms with E-state index in [2.05, 4.69) is 6.58 Å². The molecule has 0 unspecified atom stereocenters. The second kappa shape index (κ2) is 10.9. The van der Waals surface area contributed by atoms with Gasteiger partial charge in [0.25, 0.3) is 0 Å². The summed E-state index contributed by atoms with van der Waals surface area (Å²) in [6, 6.07) is 16.4. The van der Waals surface area contributed by atoms with Crippen molar-refractivity contribution in [2.45, 2.75) is 31.8 Å². The Morgan fingerprint density at radius 2 is 1.67 bits per heavy atom. The first-order valence-corrected chi connectivity index (χ1v) is 12.7. The summed E-state index contributed by atoms with van der Waals surface area (Å²) < 4.78 is 40.9. The first-order chi connectivity index (χ1) is 15.7. The average Bonchev–Trinajstić information content (AvgIpc) is 3.19. The largest absolute Gasteiger partial charge is 0.332 e. The van der Waals surface area contributed by atoms with Crippen molar-refractivity contribution < 1.29 is 17.6 Å². The van der Waals surface area contributed by atoms with E-state index in [4.69, 9.17) is 0 Å². The van der Waals surface area contributed by atoms with Crippen LogP contribution in [0.2, 0.25) is 0 Å². The van der Waals surface area contributed by atoms with E-state index in [-0.39, 0.29) is 36.3 Å². The van der Waals surface area contributed by atoms with Gasteiger partial charge < -0.3 is 4.90 Å². The number of carbonyl (C=O) groups is 1. The number of hydrogen-bond donors (Lipinski definition) is 0. The molecule has 2 aromatic carbocycles. The molecular formula is C25H27FN2O3S2. The topological polar surface area (TPSA) is 57.7 Å². The van der Waals surface area contributed by atoms with Gasteiger partial charge in [0.15, 0.2) is 0 Å². The van der Waals surface area contributed by atoms with Crippen LogP contribution >= 0.6 is 11.3 Å². The number of nitrogens with zero attached hydrogens (tertiary/aromatic N) is 2. The molecule has 3 rings (SSSR count). The predicted octanol–water partition coefficient (Wildman–Crippen LogP) is 4.91. The van der Waals surface area contributed by atoms with Gasteiger partial charge in [-0.2, -0.15) is 4.31 Å². The number of sulfonamides is 1. The predicted molar refractivity (Wildman–Crippen MR) is 130 cm³/mol. The second-order valence-corrected chi connectivity index (χ2v) is 11.1. The molecule has 0 aliphatic rings. The van der Waals surface area contributed by atoms with Crippen LogP contribution in [0.3, 0.4) is 0 Å². The van der Waals surface area contributed by atoms with Crippen molar-refractivity contribution in [2.24, 2.45) is 0 Å². The third-order valence-electron chi connectivity index (χ3n) is 5.09. The van der Waals surface area contributed by atoms with Gasteiger partial charge >= 0.3 is 0 Å². The van der Waals surface area contributed by atoms with Crippen LogP contribution < -0.4 is 0 Å². The minimum Gasteiger partial charge on any atom is -0.332 e. The van der Waals surface area contributed by atoms with E-state index in [1.807, 2.05) is 26.0 Å². The number of amides is 1. The molecule has 0 bridgehead atoms. The van der Waals surface area contributed by atoms with Crippen LogP contribution in [0.5, 0.6) is 0 Å². The fourth-order valence-corrected chi connectivity index (χ4v) is 5.57. The Balaban J connectivity index is 1.86. The number of benzene rings is 2. The molecule has 0 atom stereocenters. The Bertz CT molecular complexity index is 1200. The van der Waals surface area contributed by atoms with E-state index in [1.165, 1.54) is 30.3 Å². The molecule has 0 spiro atoms. The molecule has 0 saturated carbocycles. The maximum Gasteiger partial charge on any atom is 0.243 e. The molecule has 0 saturated heterocycles. The summed E-state index contributed by atoms with van der Waals surface area (Å²) in [6.07, 6.45) is 1.46. The number of hydrogen-bond acceptors (Lipinski definition) is 4. The van der Waals surface area contributed by atoms with Crippen LogP contribution in [0.25, 0.3) is 0 Å². The lowest BCUT2D eigenvalue weighted by Gasteiger charge is -2.26. The zero-order chi connectivity index (χ0) is 24.0. The smallest absolute Gasteiger partial charge is 0.243 e. The van der Waals surface area contributed by atoms with Gasteiger partial charge in [-0.05, 0) is 55.8 Å². The van der Waals surface area contributed by atoms with E-state index in [1.54, 1.807) is 40.5 Å². The highest BCUT2D eigenvalue weighted by Crippen LogP contribution is 2.21. The molecule has 0 aliphatic heterocycles. The normalized spacial score (nSPS) is 11.5. The van der Waals surface area contributed by atoms with E-state index >= 15 is 0 Å². The van der Waals surface area contributed by atoms with Gasteiger partial charge in [0.05, 0.1) is 18.0 Å². The van der Waals surface area contributed by atoms with Crippen LogP contribution in [0, 0.1) is 19.7 Å². The molecule has 0 fully saturated rings. The summed E-state index contributed by atoms with van der Waals surface area (Å²) in [5.41, 5.74) is 1.70. The van der Waals surface area contributed by atoms with Crippen molar-refractivity contribution in [3.05, 3.63) is 100 Å². The van der Waals surface area contributed by atoms with Crippen LogP contribution in [0.15, 0.2) is 78.2 Å². The summed E-state index contributed by atoms with van der Waals surface area (Å²) in [7, 11) is -3.89. The minimum absolute atomic E-state index is 0.00441. The number of rotatable bonds is 10. The highest BCUT2D eigenvalue weighted by atomic mass is 32.2. The molecule has 1 aromatic heterocycles. The maximum absolute atomic E-state index is 13.4. The first kappa shape index (κ1) is 24.8. The Labute approximate surface area is 198 Å². The van der Waals surface area contributed by atoms with Crippen molar-refractivity contribution in [3.8, 4) is 0 Å². The second-order valence-electron chi connectivity index (χ2n) is 7.79. The van der Waals surface area contributed by atoms with E-state index in [9.17, 15) is 17.6 Å². The van der Waals surface area contributed by atoms with Crippen LogP contribution in [-0.2, 0) is 27.9 Å². The van der Waals surface area contributed by atoms with Crippen LogP contribution in [-0.4, -0.2) is 36.6 Å². The summed E-state index contributed by atoms with van der Waals surface area (Å²) in [5.74, 6) is -0.699. The SMILES string of the molecule is C=CCN(CC(=O)N(Cc1ccc(F)cc1)Cc1ccc(C)s1)S(=O)(=O)c1ccc(C)cc1. The molecule has 1 amide bonds. The Hall–Kier alpha value is -2.81. The van der Waals surface area contributed by atoms with Crippen molar-refractivity contribution in [1.29, 1.82) is 0 Å². The molecule has 0 N–H and O–H groups in total. The Kier molecular flexibility index (Phi) is 8.18. The third-order valence-corrected chi connectivity index (χ3v) is 7.90. The lowest BCUT2D eigenvalue weighted by Crippen LogP contribution is -2.42. The average molecular weight is 487 g/mol. The summed E-state index contributed by atoms with van der Waals surface area (Å²) in [5, 5.41) is 0. The molecule has 1 heterocycles. The number of thiophene rings is 1. The summed E-state index contributed by atoms with van der Waals surface area (Å²) in [4.78, 5) is 17.2. The van der Waals surface area contributed by atoms with Gasteiger partial charge in [-0.1, -0.05) is 35.9 Å². The van der Waals surface area contributed by atoms with E-state index < -0.39 is 10.0 Å². The minimum atomic E-state index is -3.89. The third kappa shape index (κ3) is 6.60. The van der Waals surface area contributed by atoms with Gasteiger partial charge in [-0.3, -0.25) is 4.79 Å². The van der Waals surface area contributed by atoms with Crippen LogP contribution in [0.4, 0.5) is 4.39 Å². The van der Waals surface area contributed by atoms with Gasteiger partial charge in [0, 0.05) is 22.8 Å². The molecule has 8 heteroatoms. The lowest BCUT2D eigenvalue weighted by atomic mass is 10.2. The van der Waals surface area contributed by atoms with Gasteiger partial charge in [0.2, 0.25) is 15.9 Å². The fourth-order valence-electron chi connectivity index (χ4n) is 3.30. The fraction of sp³-hybridized carbons (Fsp3) is 0.240. The highest BCUT2D eigenvalue weighted by Gasteiger charge is 2.28. The van der Waals surface area contributed by atoms with Crippen molar-refractivity contribution in [1.82, 2.24) is 9.21 Å². The van der Waals surface area contributed by atoms with E-state index in [0.717, 1.165) is 25.2 Å². The van der Waals surface area contributed by atoms with Gasteiger partial charge in [0.1, 0.15) is 5.82 Å². The summed E-state index contributed by atoms with van der Waals surface area (Å²) >= 11 is 1.58. The Morgan fingerprint density at radius 3 is 2.24 bits per heavy atom. The van der Waals surface area contributed by atoms with Crippen molar-refractivity contribution in [3.63, 3.8) is 0 Å². The molecule has 0 radical (unpaired) electrons. The zero-order valence-electron chi connectivity index (χ0n) is 18.7. The lowest BCUT2D eigenvalue weighted by molar-refractivity contribution is -0.132. The molecular weight excluding hydrogens is 459 g/mol. The quantitative estimate of drug-likeness (QED) is 0.383. The molecule has 3 aromatic rings. The number of aryl methyl sites for hydroxylation is 2. The Morgan fingerprint density at radius 1 is 1.00 bits per heavy atom. The monoisotopic (exact) mass is 486 g/mol. The highest BCUT2D eigenvalue weighted by molar-refractivity contribution is 7.89. The zero-order valence-corrected chi connectivity index (χ0v) is 20.3. The van der Waals surface area contributed by atoms with Gasteiger partial charge in [-0.15, -0.1) is 17.9 Å². The number of carbonyl (C=O) groups excluding carboxylic acids is 1. The molecule has 174 valence electrons. The van der Waals surface area contributed by atoms with Crippen molar-refractivity contribution >= 4 is 27.3 Å². The first-order valence-electron chi connectivity index (χ1n) is 10.4. The standard InChI is InChI=1S/C25H27FN2O3S2/c1-4-15-28(33(30,31)24-13-5-19(2)6-14-24)18-25(29)27(17-23-12-7-20(3)32-23)16-21-8-10-22(26)11-9-21/h4-14H,1,15-18H2,2-3H3. The maximum atomic E-state index is 13.4. The molecule has 0 aliphatic carbocycles. The number of halogens is 1. The molecule has 5 nitrogen and oxygen atoms in total.